The summed E-state index contributed by atoms with van der Waals surface area (Å²) in [6.07, 6.45) is 4.10. The van der Waals surface area contributed by atoms with Gasteiger partial charge in [0.2, 0.25) is 0 Å². The zero-order chi connectivity index (χ0) is 7.82. The van der Waals surface area contributed by atoms with Crippen LogP contribution < -0.4 is 0 Å². The number of methoxy groups -OCH3 is 1. The van der Waals surface area contributed by atoms with Crippen molar-refractivity contribution in [1.29, 1.82) is 0 Å². The molecule has 0 saturated heterocycles. The first-order valence-electron chi connectivity index (χ1n) is 3.58. The van der Waals surface area contributed by atoms with E-state index in [0.29, 0.717) is 6.79 Å². The molecule has 0 fully saturated rings. The van der Waals surface area contributed by atoms with Crippen LogP contribution in [0.25, 0.3) is 0 Å². The number of rotatable bonds is 6. The van der Waals surface area contributed by atoms with Crippen molar-refractivity contribution >= 4 is 0 Å². The molecule has 0 aromatic carbocycles. The zero-order valence-corrected chi connectivity index (χ0v) is 6.80. The van der Waals surface area contributed by atoms with Gasteiger partial charge in [0, 0.05) is 7.11 Å². The van der Waals surface area contributed by atoms with Crippen LogP contribution in [0.4, 0.5) is 0 Å². The van der Waals surface area contributed by atoms with Crippen LogP contribution in [-0.2, 0) is 9.47 Å². The van der Waals surface area contributed by atoms with Gasteiger partial charge in [-0.25, -0.2) is 0 Å². The second kappa shape index (κ2) is 6.78. The molecule has 1 atom stereocenters. The van der Waals surface area contributed by atoms with E-state index in [2.05, 4.69) is 13.5 Å². The summed E-state index contributed by atoms with van der Waals surface area (Å²) in [7, 11) is 1.62. The van der Waals surface area contributed by atoms with Gasteiger partial charge >= 0.3 is 0 Å². The summed E-state index contributed by atoms with van der Waals surface area (Å²) < 4.78 is 9.99. The minimum absolute atomic E-state index is 0.157. The van der Waals surface area contributed by atoms with Gasteiger partial charge in [-0.3, -0.25) is 0 Å². The van der Waals surface area contributed by atoms with Gasteiger partial charge in [0.1, 0.15) is 6.79 Å². The van der Waals surface area contributed by atoms with E-state index in [-0.39, 0.29) is 6.10 Å². The maximum Gasteiger partial charge on any atom is 0.147 e. The first-order chi connectivity index (χ1) is 4.85. The van der Waals surface area contributed by atoms with Crippen molar-refractivity contribution in [3.05, 3.63) is 12.7 Å². The van der Waals surface area contributed by atoms with Gasteiger partial charge in [0.05, 0.1) is 6.10 Å². The predicted octanol–water partition coefficient (Wildman–Crippen LogP) is 1.96. The highest BCUT2D eigenvalue weighted by Crippen LogP contribution is 2.02. The van der Waals surface area contributed by atoms with E-state index in [4.69, 9.17) is 9.47 Å². The first-order valence-corrected chi connectivity index (χ1v) is 3.58. The van der Waals surface area contributed by atoms with E-state index in [1.165, 1.54) is 0 Å². The molecule has 0 aliphatic carbocycles. The molecule has 0 radical (unpaired) electrons. The summed E-state index contributed by atoms with van der Waals surface area (Å²) in [5.74, 6) is 0. The molecule has 60 valence electrons. The second-order valence-corrected chi connectivity index (χ2v) is 2.14. The maximum atomic E-state index is 5.24. The molecule has 0 bridgehead atoms. The van der Waals surface area contributed by atoms with E-state index in [1.54, 1.807) is 7.11 Å². The fraction of sp³-hybridized carbons (Fsp3) is 0.750. The molecule has 0 saturated carbocycles. The van der Waals surface area contributed by atoms with Crippen LogP contribution in [0.2, 0.25) is 0 Å². The van der Waals surface area contributed by atoms with Crippen molar-refractivity contribution < 1.29 is 9.47 Å². The van der Waals surface area contributed by atoms with Crippen LogP contribution in [0, 0.1) is 0 Å². The minimum atomic E-state index is 0.157. The Bertz CT molecular complexity index is 81.3. The monoisotopic (exact) mass is 144 g/mol. The van der Waals surface area contributed by atoms with E-state index in [9.17, 15) is 0 Å². The first kappa shape index (κ1) is 9.66. The SMILES string of the molecule is C=C[C@H](CCC)OCOC. The third-order valence-corrected chi connectivity index (χ3v) is 1.24. The lowest BCUT2D eigenvalue weighted by Crippen LogP contribution is -2.10. The lowest BCUT2D eigenvalue weighted by Gasteiger charge is -2.10. The Labute approximate surface area is 62.8 Å². The van der Waals surface area contributed by atoms with Crippen molar-refractivity contribution in [2.45, 2.75) is 25.9 Å². The Morgan fingerprint density at radius 3 is 2.70 bits per heavy atom. The van der Waals surface area contributed by atoms with Gasteiger partial charge in [0.25, 0.3) is 0 Å². The van der Waals surface area contributed by atoms with Crippen LogP contribution in [0.5, 0.6) is 0 Å². The average molecular weight is 144 g/mol. The molecular formula is C8H16O2. The third kappa shape index (κ3) is 4.53. The molecular weight excluding hydrogens is 128 g/mol. The Hall–Kier alpha value is -0.340. The summed E-state index contributed by atoms with van der Waals surface area (Å²) in [6.45, 7) is 6.13. The second-order valence-electron chi connectivity index (χ2n) is 2.14. The largest absolute Gasteiger partial charge is 0.359 e. The van der Waals surface area contributed by atoms with E-state index in [0.717, 1.165) is 12.8 Å². The van der Waals surface area contributed by atoms with Crippen LogP contribution in [-0.4, -0.2) is 20.0 Å². The Balaban J connectivity index is 3.29. The molecule has 0 amide bonds. The highest BCUT2D eigenvalue weighted by Gasteiger charge is 2.00. The molecule has 0 rings (SSSR count). The Morgan fingerprint density at radius 2 is 2.30 bits per heavy atom. The molecule has 0 aliphatic heterocycles. The van der Waals surface area contributed by atoms with Gasteiger partial charge in [-0.2, -0.15) is 0 Å². The molecule has 0 aliphatic rings. The summed E-state index contributed by atoms with van der Waals surface area (Å²) in [5, 5.41) is 0. The number of hydrogen-bond donors (Lipinski definition) is 0. The Morgan fingerprint density at radius 1 is 1.60 bits per heavy atom. The van der Waals surface area contributed by atoms with Crippen molar-refractivity contribution in [3.8, 4) is 0 Å². The van der Waals surface area contributed by atoms with Crippen molar-refractivity contribution in [1.82, 2.24) is 0 Å². The predicted molar refractivity (Wildman–Crippen MR) is 41.9 cm³/mol. The zero-order valence-electron chi connectivity index (χ0n) is 6.80. The van der Waals surface area contributed by atoms with E-state index in [1.807, 2.05) is 6.08 Å². The van der Waals surface area contributed by atoms with Gasteiger partial charge in [-0.15, -0.1) is 6.58 Å². The molecule has 0 spiro atoms. The fourth-order valence-corrected chi connectivity index (χ4v) is 0.709. The number of hydrogen-bond acceptors (Lipinski definition) is 2. The average Bonchev–Trinajstić information content (AvgIpc) is 1.98. The highest BCUT2D eigenvalue weighted by molar-refractivity contribution is 4.78. The summed E-state index contributed by atoms with van der Waals surface area (Å²) in [5.41, 5.74) is 0. The van der Waals surface area contributed by atoms with Crippen molar-refractivity contribution in [3.63, 3.8) is 0 Å². The fourth-order valence-electron chi connectivity index (χ4n) is 0.709. The van der Waals surface area contributed by atoms with E-state index >= 15 is 0 Å². The van der Waals surface area contributed by atoms with Gasteiger partial charge < -0.3 is 9.47 Å². The van der Waals surface area contributed by atoms with Gasteiger partial charge in [0.15, 0.2) is 0 Å². The van der Waals surface area contributed by atoms with Crippen LogP contribution in [0.1, 0.15) is 19.8 Å². The summed E-state index contributed by atoms with van der Waals surface area (Å²) in [6, 6.07) is 0. The van der Waals surface area contributed by atoms with Crippen LogP contribution in [0.3, 0.4) is 0 Å². The maximum absolute atomic E-state index is 5.24. The normalized spacial score (nSPS) is 13.0. The Kier molecular flexibility index (Phi) is 6.55. The molecule has 10 heavy (non-hydrogen) atoms. The standard InChI is InChI=1S/C8H16O2/c1-4-6-8(5-2)10-7-9-3/h5,8H,2,4,6-7H2,1,3H3/t8-/m1/s1. The molecule has 0 heterocycles. The highest BCUT2D eigenvalue weighted by atomic mass is 16.7. The molecule has 2 nitrogen and oxygen atoms in total. The molecule has 0 N–H and O–H groups in total. The number of ether oxygens (including phenoxy) is 2. The van der Waals surface area contributed by atoms with Crippen molar-refractivity contribution in [2.24, 2.45) is 0 Å². The summed E-state index contributed by atoms with van der Waals surface area (Å²) in [4.78, 5) is 0. The van der Waals surface area contributed by atoms with E-state index < -0.39 is 0 Å². The topological polar surface area (TPSA) is 18.5 Å². The summed E-state index contributed by atoms with van der Waals surface area (Å²) >= 11 is 0. The molecule has 0 aromatic rings. The quantitative estimate of drug-likeness (QED) is 0.419. The minimum Gasteiger partial charge on any atom is -0.359 e. The van der Waals surface area contributed by atoms with Gasteiger partial charge in [-0.1, -0.05) is 19.4 Å². The molecule has 2 heteroatoms. The van der Waals surface area contributed by atoms with Gasteiger partial charge in [-0.05, 0) is 6.42 Å². The lowest BCUT2D eigenvalue weighted by atomic mass is 10.2. The van der Waals surface area contributed by atoms with Crippen LogP contribution >= 0.6 is 0 Å². The third-order valence-electron chi connectivity index (χ3n) is 1.24. The molecule has 0 aromatic heterocycles. The lowest BCUT2D eigenvalue weighted by molar-refractivity contribution is -0.0574. The molecule has 0 unspecified atom stereocenters. The van der Waals surface area contributed by atoms with Crippen molar-refractivity contribution in [2.75, 3.05) is 13.9 Å². The van der Waals surface area contributed by atoms with Crippen LogP contribution in [0.15, 0.2) is 12.7 Å². The smallest absolute Gasteiger partial charge is 0.147 e.